The van der Waals surface area contributed by atoms with Gasteiger partial charge in [0.2, 0.25) is 0 Å². The van der Waals surface area contributed by atoms with Crippen molar-refractivity contribution in [1.29, 1.82) is 0 Å². The molecule has 1 unspecified atom stereocenters. The Morgan fingerprint density at radius 1 is 1.54 bits per heavy atom. The second-order valence-electron chi connectivity index (χ2n) is 2.99. The molecule has 1 aromatic rings. The Bertz CT molecular complexity index is 336. The molecule has 3 heteroatoms. The molecular weight excluding hydrogens is 248 g/mol. The monoisotopic (exact) mass is 258 g/mol. The number of hydrogen-bond acceptors (Lipinski definition) is 2. The molecule has 0 aromatic heterocycles. The van der Waals surface area contributed by atoms with E-state index in [1.807, 2.05) is 25.1 Å². The number of carbonyl (C=O) groups is 1. The van der Waals surface area contributed by atoms with Crippen LogP contribution in [0.5, 0.6) is 0 Å². The van der Waals surface area contributed by atoms with E-state index in [0.717, 1.165) is 16.0 Å². The summed E-state index contributed by atoms with van der Waals surface area (Å²) in [7, 11) is 0. The SMILES string of the molecule is CC(=O)C(Br)c1cccc(C)c1S. The highest BCUT2D eigenvalue weighted by molar-refractivity contribution is 9.09. The number of carbonyl (C=O) groups excluding carboxylic acids is 1. The fourth-order valence-corrected chi connectivity index (χ4v) is 1.94. The molecule has 1 aromatic carbocycles. The molecule has 0 amide bonds. The molecule has 0 N–H and O–H groups in total. The van der Waals surface area contributed by atoms with Gasteiger partial charge >= 0.3 is 0 Å². The summed E-state index contributed by atoms with van der Waals surface area (Å²) in [6.07, 6.45) is 0. The summed E-state index contributed by atoms with van der Waals surface area (Å²) in [5.41, 5.74) is 2.03. The highest BCUT2D eigenvalue weighted by atomic mass is 79.9. The molecule has 0 aliphatic heterocycles. The van der Waals surface area contributed by atoms with Gasteiger partial charge in [-0.25, -0.2) is 0 Å². The number of aryl methyl sites for hydroxylation is 1. The zero-order valence-corrected chi connectivity index (χ0v) is 10.0. The van der Waals surface area contributed by atoms with Gasteiger partial charge in [-0.15, -0.1) is 12.6 Å². The van der Waals surface area contributed by atoms with Gasteiger partial charge in [-0.05, 0) is 25.0 Å². The first-order valence-corrected chi connectivity index (χ1v) is 5.33. The molecule has 0 aliphatic rings. The van der Waals surface area contributed by atoms with Crippen molar-refractivity contribution in [3.8, 4) is 0 Å². The molecule has 0 saturated carbocycles. The molecule has 1 rings (SSSR count). The lowest BCUT2D eigenvalue weighted by atomic mass is 10.1. The van der Waals surface area contributed by atoms with Crippen LogP contribution in [0.1, 0.15) is 22.9 Å². The highest BCUT2D eigenvalue weighted by Crippen LogP contribution is 2.30. The van der Waals surface area contributed by atoms with Crippen molar-refractivity contribution in [3.63, 3.8) is 0 Å². The molecule has 0 saturated heterocycles. The normalized spacial score (nSPS) is 12.6. The van der Waals surface area contributed by atoms with E-state index in [1.54, 1.807) is 6.92 Å². The van der Waals surface area contributed by atoms with Crippen molar-refractivity contribution < 1.29 is 4.79 Å². The van der Waals surface area contributed by atoms with Gasteiger partial charge in [-0.2, -0.15) is 0 Å². The van der Waals surface area contributed by atoms with Crippen molar-refractivity contribution >= 4 is 34.3 Å². The van der Waals surface area contributed by atoms with Gasteiger partial charge in [0.15, 0.2) is 0 Å². The van der Waals surface area contributed by atoms with Gasteiger partial charge in [0.05, 0.1) is 4.83 Å². The molecule has 0 heterocycles. The molecular formula is C10H11BrOS. The lowest BCUT2D eigenvalue weighted by molar-refractivity contribution is -0.116. The predicted octanol–water partition coefficient (Wildman–Crippen LogP) is 3.31. The van der Waals surface area contributed by atoms with E-state index >= 15 is 0 Å². The standard InChI is InChI=1S/C10H11BrOS/c1-6-4-3-5-8(10(6)13)9(11)7(2)12/h3-5,9,13H,1-2H3. The van der Waals surface area contributed by atoms with E-state index in [0.29, 0.717) is 0 Å². The maximum Gasteiger partial charge on any atom is 0.147 e. The molecule has 0 spiro atoms. The molecule has 0 bridgehead atoms. The first kappa shape index (κ1) is 10.8. The summed E-state index contributed by atoms with van der Waals surface area (Å²) in [5, 5.41) is 0. The van der Waals surface area contributed by atoms with Crippen LogP contribution in [0.4, 0.5) is 0 Å². The first-order chi connectivity index (χ1) is 6.04. The van der Waals surface area contributed by atoms with Crippen LogP contribution in [-0.4, -0.2) is 5.78 Å². The highest BCUT2D eigenvalue weighted by Gasteiger charge is 2.15. The molecule has 70 valence electrons. The largest absolute Gasteiger partial charge is 0.298 e. The zero-order chi connectivity index (χ0) is 10.0. The Morgan fingerprint density at radius 3 is 2.69 bits per heavy atom. The van der Waals surface area contributed by atoms with Crippen LogP contribution in [0.25, 0.3) is 0 Å². The van der Waals surface area contributed by atoms with Crippen molar-refractivity contribution in [2.45, 2.75) is 23.6 Å². The number of rotatable bonds is 2. The molecule has 1 atom stereocenters. The van der Waals surface area contributed by atoms with E-state index in [9.17, 15) is 4.79 Å². The van der Waals surface area contributed by atoms with Crippen molar-refractivity contribution in [2.24, 2.45) is 0 Å². The second kappa shape index (κ2) is 4.29. The van der Waals surface area contributed by atoms with Gasteiger partial charge in [0.25, 0.3) is 0 Å². The van der Waals surface area contributed by atoms with E-state index in [-0.39, 0.29) is 10.6 Å². The van der Waals surface area contributed by atoms with Gasteiger partial charge in [0, 0.05) is 4.90 Å². The third-order valence-electron chi connectivity index (χ3n) is 1.90. The third kappa shape index (κ3) is 2.35. The van der Waals surface area contributed by atoms with Gasteiger partial charge in [0.1, 0.15) is 5.78 Å². The Labute approximate surface area is 92.1 Å². The number of halogens is 1. The Kier molecular flexibility index (Phi) is 3.56. The number of thiol groups is 1. The summed E-state index contributed by atoms with van der Waals surface area (Å²) in [6.45, 7) is 3.54. The minimum Gasteiger partial charge on any atom is -0.298 e. The number of alkyl halides is 1. The number of hydrogen-bond donors (Lipinski definition) is 1. The Hall–Kier alpha value is -0.280. The number of ketones is 1. The van der Waals surface area contributed by atoms with E-state index < -0.39 is 0 Å². The van der Waals surface area contributed by atoms with Crippen LogP contribution in [0.2, 0.25) is 0 Å². The van der Waals surface area contributed by atoms with E-state index in [1.165, 1.54) is 0 Å². The summed E-state index contributed by atoms with van der Waals surface area (Å²) >= 11 is 7.70. The van der Waals surface area contributed by atoms with Crippen LogP contribution in [-0.2, 0) is 4.79 Å². The summed E-state index contributed by atoms with van der Waals surface area (Å²) in [4.78, 5) is 11.8. The van der Waals surface area contributed by atoms with Crippen LogP contribution < -0.4 is 0 Å². The van der Waals surface area contributed by atoms with Gasteiger partial charge in [-0.1, -0.05) is 34.1 Å². The van der Waals surface area contributed by atoms with Crippen molar-refractivity contribution in [2.75, 3.05) is 0 Å². The molecule has 13 heavy (non-hydrogen) atoms. The van der Waals surface area contributed by atoms with Crippen LogP contribution in [0, 0.1) is 6.92 Å². The zero-order valence-electron chi connectivity index (χ0n) is 7.54. The average Bonchev–Trinajstić information content (AvgIpc) is 2.08. The van der Waals surface area contributed by atoms with Gasteiger partial charge < -0.3 is 0 Å². The lowest BCUT2D eigenvalue weighted by Gasteiger charge is -2.10. The Balaban J connectivity index is 3.15. The summed E-state index contributed by atoms with van der Waals surface area (Å²) in [6, 6.07) is 5.82. The minimum atomic E-state index is -0.236. The smallest absolute Gasteiger partial charge is 0.147 e. The van der Waals surface area contributed by atoms with Crippen molar-refractivity contribution in [3.05, 3.63) is 29.3 Å². The second-order valence-corrected chi connectivity index (χ2v) is 4.35. The fraction of sp³-hybridized carbons (Fsp3) is 0.300. The van der Waals surface area contributed by atoms with E-state index in [2.05, 4.69) is 28.6 Å². The topological polar surface area (TPSA) is 17.1 Å². The number of benzene rings is 1. The minimum absolute atomic E-state index is 0.0981. The Morgan fingerprint density at radius 2 is 2.15 bits per heavy atom. The predicted molar refractivity (Wildman–Crippen MR) is 60.8 cm³/mol. The molecule has 0 aliphatic carbocycles. The van der Waals surface area contributed by atoms with Crippen LogP contribution >= 0.6 is 28.6 Å². The molecule has 0 radical (unpaired) electrons. The summed E-state index contributed by atoms with van der Waals surface area (Å²) < 4.78 is 0. The van der Waals surface area contributed by atoms with E-state index in [4.69, 9.17) is 0 Å². The maximum atomic E-state index is 11.1. The first-order valence-electron chi connectivity index (χ1n) is 3.97. The van der Waals surface area contributed by atoms with Crippen LogP contribution in [0.15, 0.2) is 23.1 Å². The maximum absolute atomic E-state index is 11.1. The van der Waals surface area contributed by atoms with Crippen molar-refractivity contribution in [1.82, 2.24) is 0 Å². The average molecular weight is 259 g/mol. The lowest BCUT2D eigenvalue weighted by Crippen LogP contribution is -2.02. The molecule has 1 nitrogen and oxygen atoms in total. The fourth-order valence-electron chi connectivity index (χ4n) is 1.11. The van der Waals surface area contributed by atoms with Crippen LogP contribution in [0.3, 0.4) is 0 Å². The third-order valence-corrected chi connectivity index (χ3v) is 3.65. The summed E-state index contributed by atoms with van der Waals surface area (Å²) in [5.74, 6) is 0.0981. The van der Waals surface area contributed by atoms with Gasteiger partial charge in [-0.3, -0.25) is 4.79 Å². The quantitative estimate of drug-likeness (QED) is 0.637. The number of Topliss-reactive ketones (excluding diaryl/α,β-unsaturated/α-hetero) is 1. The molecule has 0 fully saturated rings.